The molecule has 1 aromatic carbocycles. The van der Waals surface area contributed by atoms with Crippen LogP contribution >= 0.6 is 11.3 Å². The van der Waals surface area contributed by atoms with Gasteiger partial charge in [-0.25, -0.2) is 0 Å². The molecule has 3 heterocycles. The highest BCUT2D eigenvalue weighted by Gasteiger charge is 2.19. The van der Waals surface area contributed by atoms with Crippen LogP contribution in [0.3, 0.4) is 0 Å². The molecule has 0 unspecified atom stereocenters. The molecule has 1 aliphatic rings. The Bertz CT molecular complexity index is 1020. The van der Waals surface area contributed by atoms with E-state index in [0.29, 0.717) is 22.9 Å². The first-order chi connectivity index (χ1) is 14.1. The molecule has 6 nitrogen and oxygen atoms in total. The van der Waals surface area contributed by atoms with Crippen molar-refractivity contribution in [1.29, 1.82) is 0 Å². The smallest absolute Gasteiger partial charge is 0.272 e. The molecule has 0 radical (unpaired) electrons. The maximum atomic E-state index is 12.8. The fraction of sp³-hybridized carbons (Fsp3) is 0.409. The maximum Gasteiger partial charge on any atom is 0.272 e. The summed E-state index contributed by atoms with van der Waals surface area (Å²) in [6.07, 6.45) is 3.88. The standard InChI is InChI=1S/C22H27N3O3S/c1-14-16(13-25-9-5-4-6-10-25)21-20(29-14)12-17(24-21)22(26)23-15-7-8-18(27-2)19(11-15)28-3/h7-8,11-12,24H,4-6,9-10,13H2,1-3H3,(H,23,26). The Labute approximate surface area is 174 Å². The lowest BCUT2D eigenvalue weighted by molar-refractivity contribution is 0.102. The van der Waals surface area contributed by atoms with Gasteiger partial charge >= 0.3 is 0 Å². The van der Waals surface area contributed by atoms with E-state index in [1.165, 1.54) is 29.7 Å². The minimum Gasteiger partial charge on any atom is -0.493 e. The van der Waals surface area contributed by atoms with E-state index in [1.807, 2.05) is 6.07 Å². The van der Waals surface area contributed by atoms with E-state index in [0.717, 1.165) is 29.9 Å². The number of rotatable bonds is 6. The average molecular weight is 414 g/mol. The van der Waals surface area contributed by atoms with Gasteiger partial charge in [-0.05, 0) is 51.1 Å². The van der Waals surface area contributed by atoms with Crippen molar-refractivity contribution in [2.24, 2.45) is 0 Å². The van der Waals surface area contributed by atoms with Crippen LogP contribution in [-0.4, -0.2) is 43.1 Å². The molecular weight excluding hydrogens is 386 g/mol. The van der Waals surface area contributed by atoms with Crippen LogP contribution < -0.4 is 14.8 Å². The maximum absolute atomic E-state index is 12.8. The van der Waals surface area contributed by atoms with E-state index in [2.05, 4.69) is 22.1 Å². The van der Waals surface area contributed by atoms with Crippen molar-refractivity contribution in [2.45, 2.75) is 32.7 Å². The molecule has 1 amide bonds. The molecule has 0 spiro atoms. The molecule has 3 aromatic rings. The van der Waals surface area contributed by atoms with E-state index in [4.69, 9.17) is 9.47 Å². The van der Waals surface area contributed by atoms with Crippen LogP contribution in [0.2, 0.25) is 0 Å². The molecule has 0 aliphatic carbocycles. The summed E-state index contributed by atoms with van der Waals surface area (Å²) in [5, 5.41) is 2.94. The van der Waals surface area contributed by atoms with Crippen LogP contribution in [0.15, 0.2) is 24.3 Å². The Balaban J connectivity index is 1.54. The number of nitrogens with one attached hydrogen (secondary N) is 2. The van der Waals surface area contributed by atoms with E-state index < -0.39 is 0 Å². The number of aromatic nitrogens is 1. The third-order valence-electron chi connectivity index (χ3n) is 5.49. The minimum atomic E-state index is -0.165. The summed E-state index contributed by atoms with van der Waals surface area (Å²) < 4.78 is 11.7. The summed E-state index contributed by atoms with van der Waals surface area (Å²) in [6.45, 7) is 5.43. The van der Waals surface area contributed by atoms with Gasteiger partial charge in [0.1, 0.15) is 5.69 Å². The first-order valence-electron chi connectivity index (χ1n) is 9.95. The summed E-state index contributed by atoms with van der Waals surface area (Å²) in [4.78, 5) is 20.0. The van der Waals surface area contributed by atoms with Crippen LogP contribution in [-0.2, 0) is 6.54 Å². The van der Waals surface area contributed by atoms with Crippen molar-refractivity contribution in [3.63, 3.8) is 0 Å². The van der Waals surface area contributed by atoms with Crippen molar-refractivity contribution in [2.75, 3.05) is 32.6 Å². The SMILES string of the molecule is COc1ccc(NC(=O)c2cc3sc(C)c(CN4CCCCC4)c3[nH]2)cc1OC. The molecule has 0 atom stereocenters. The van der Waals surface area contributed by atoms with Crippen LogP contribution in [0.25, 0.3) is 10.2 Å². The number of methoxy groups -OCH3 is 2. The third kappa shape index (κ3) is 4.11. The molecule has 7 heteroatoms. The molecule has 4 rings (SSSR count). The van der Waals surface area contributed by atoms with Gasteiger partial charge in [0.2, 0.25) is 0 Å². The number of thiophene rings is 1. The Kier molecular flexibility index (Phi) is 5.78. The Hall–Kier alpha value is -2.51. The fourth-order valence-corrected chi connectivity index (χ4v) is 4.98. The predicted octanol–water partition coefficient (Wildman–Crippen LogP) is 4.79. The zero-order chi connectivity index (χ0) is 20.4. The Morgan fingerprint density at radius 2 is 1.90 bits per heavy atom. The number of carbonyl (C=O) groups is 1. The number of hydrogen-bond acceptors (Lipinski definition) is 5. The number of fused-ring (bicyclic) bond motifs is 1. The lowest BCUT2D eigenvalue weighted by atomic mass is 10.1. The van der Waals surface area contributed by atoms with E-state index in [1.54, 1.807) is 43.8 Å². The summed E-state index contributed by atoms with van der Waals surface area (Å²) in [6, 6.07) is 7.29. The van der Waals surface area contributed by atoms with E-state index in [9.17, 15) is 4.79 Å². The van der Waals surface area contributed by atoms with Gasteiger partial charge in [-0.3, -0.25) is 9.69 Å². The molecule has 1 aliphatic heterocycles. The zero-order valence-electron chi connectivity index (χ0n) is 17.1. The molecule has 0 saturated carbocycles. The first kappa shape index (κ1) is 19.8. The van der Waals surface area contributed by atoms with E-state index >= 15 is 0 Å². The molecular formula is C22H27N3O3S. The van der Waals surface area contributed by atoms with Crippen LogP contribution in [0.1, 0.15) is 40.2 Å². The number of amides is 1. The number of likely N-dealkylation sites (tertiary alicyclic amines) is 1. The first-order valence-corrected chi connectivity index (χ1v) is 10.8. The summed E-state index contributed by atoms with van der Waals surface area (Å²) in [7, 11) is 3.17. The highest BCUT2D eigenvalue weighted by atomic mass is 32.1. The molecule has 1 saturated heterocycles. The monoisotopic (exact) mass is 413 g/mol. The largest absolute Gasteiger partial charge is 0.493 e. The number of hydrogen-bond donors (Lipinski definition) is 2. The van der Waals surface area contributed by atoms with Crippen molar-refractivity contribution < 1.29 is 14.3 Å². The second kappa shape index (κ2) is 8.47. The van der Waals surface area contributed by atoms with Gasteiger partial charge in [-0.1, -0.05) is 6.42 Å². The van der Waals surface area contributed by atoms with Crippen LogP contribution in [0.5, 0.6) is 11.5 Å². The number of aryl methyl sites for hydroxylation is 1. The van der Waals surface area contributed by atoms with Crippen molar-refractivity contribution >= 4 is 33.1 Å². The number of benzene rings is 1. The summed E-state index contributed by atoms with van der Waals surface area (Å²) >= 11 is 1.75. The number of H-pyrrole nitrogens is 1. The molecule has 29 heavy (non-hydrogen) atoms. The summed E-state index contributed by atoms with van der Waals surface area (Å²) in [5.74, 6) is 1.04. The van der Waals surface area contributed by atoms with Crippen LogP contribution in [0, 0.1) is 6.92 Å². The lowest BCUT2D eigenvalue weighted by Crippen LogP contribution is -2.29. The average Bonchev–Trinajstić information content (AvgIpc) is 3.27. The normalized spacial score (nSPS) is 14.9. The number of carbonyl (C=O) groups excluding carboxylic acids is 1. The second-order valence-electron chi connectivity index (χ2n) is 7.42. The number of ether oxygens (including phenoxy) is 2. The topological polar surface area (TPSA) is 66.6 Å². The highest BCUT2D eigenvalue weighted by molar-refractivity contribution is 7.19. The van der Waals surface area contributed by atoms with Gasteiger partial charge in [0.15, 0.2) is 11.5 Å². The van der Waals surface area contributed by atoms with Gasteiger partial charge in [0.25, 0.3) is 5.91 Å². The Morgan fingerprint density at radius 1 is 1.14 bits per heavy atom. The molecule has 2 N–H and O–H groups in total. The van der Waals surface area contributed by atoms with Gasteiger partial charge in [0.05, 0.1) is 24.4 Å². The predicted molar refractivity (Wildman–Crippen MR) is 118 cm³/mol. The minimum absolute atomic E-state index is 0.165. The molecule has 0 bridgehead atoms. The van der Waals surface area contributed by atoms with Crippen LogP contribution in [0.4, 0.5) is 5.69 Å². The Morgan fingerprint density at radius 3 is 2.62 bits per heavy atom. The van der Waals surface area contributed by atoms with Gasteiger partial charge in [-0.15, -0.1) is 11.3 Å². The number of nitrogens with zero attached hydrogens (tertiary/aromatic N) is 1. The van der Waals surface area contributed by atoms with Gasteiger partial charge < -0.3 is 19.8 Å². The summed E-state index contributed by atoms with van der Waals surface area (Å²) in [5.41, 5.74) is 3.64. The quantitative estimate of drug-likeness (QED) is 0.610. The lowest BCUT2D eigenvalue weighted by Gasteiger charge is -2.26. The fourth-order valence-electron chi connectivity index (χ4n) is 3.91. The molecule has 2 aromatic heterocycles. The number of piperidine rings is 1. The second-order valence-corrected chi connectivity index (χ2v) is 8.68. The molecule has 1 fully saturated rings. The van der Waals surface area contributed by atoms with Crippen molar-refractivity contribution in [1.82, 2.24) is 9.88 Å². The third-order valence-corrected chi connectivity index (χ3v) is 6.58. The molecule has 154 valence electrons. The zero-order valence-corrected chi connectivity index (χ0v) is 17.9. The number of aromatic amines is 1. The van der Waals surface area contributed by atoms with Gasteiger partial charge in [-0.2, -0.15) is 0 Å². The highest BCUT2D eigenvalue weighted by Crippen LogP contribution is 2.33. The van der Waals surface area contributed by atoms with Gasteiger partial charge in [0, 0.05) is 28.7 Å². The van der Waals surface area contributed by atoms with Crippen molar-refractivity contribution in [3.05, 3.63) is 40.4 Å². The van der Waals surface area contributed by atoms with Crippen molar-refractivity contribution in [3.8, 4) is 11.5 Å². The van der Waals surface area contributed by atoms with E-state index in [-0.39, 0.29) is 5.91 Å². The number of anilines is 1.